The molecule has 0 unspecified atom stereocenters. The van der Waals surface area contributed by atoms with E-state index in [2.05, 4.69) is 9.71 Å². The van der Waals surface area contributed by atoms with Gasteiger partial charge in [-0.1, -0.05) is 18.2 Å². The standard InChI is InChI=1S/C20H27N3O4S2/c1-20(2,3)23-29(25,26)17-7-5-4-6-15(17)16-12-22-18(28-16)13-8-10-14(11-9-13)27-19(21)24/h4-7,12-14,23H,8-11H2,1-3H3,(H2,21,24)/t13-,14-. The lowest BCUT2D eigenvalue weighted by Crippen LogP contribution is -2.40. The van der Waals surface area contributed by atoms with Crippen molar-refractivity contribution in [3.05, 3.63) is 35.5 Å². The number of sulfonamides is 1. The topological polar surface area (TPSA) is 111 Å². The summed E-state index contributed by atoms with van der Waals surface area (Å²) in [5.41, 5.74) is 5.18. The number of amides is 1. The molecular formula is C20H27N3O4S2. The van der Waals surface area contributed by atoms with Crippen LogP contribution < -0.4 is 10.5 Å². The summed E-state index contributed by atoms with van der Waals surface area (Å²) in [6, 6.07) is 6.99. The van der Waals surface area contributed by atoms with Crippen LogP contribution in [0.5, 0.6) is 0 Å². The molecule has 1 fully saturated rings. The molecule has 0 saturated heterocycles. The van der Waals surface area contributed by atoms with Crippen LogP contribution in [0.3, 0.4) is 0 Å². The van der Waals surface area contributed by atoms with Gasteiger partial charge in [0, 0.05) is 23.2 Å². The molecule has 9 heteroatoms. The van der Waals surface area contributed by atoms with E-state index in [-0.39, 0.29) is 16.9 Å². The highest BCUT2D eigenvalue weighted by molar-refractivity contribution is 7.89. The maximum absolute atomic E-state index is 12.9. The molecule has 1 aliphatic carbocycles. The van der Waals surface area contributed by atoms with Crippen LogP contribution >= 0.6 is 11.3 Å². The maximum Gasteiger partial charge on any atom is 0.404 e. The Morgan fingerprint density at radius 1 is 1.21 bits per heavy atom. The molecule has 1 aliphatic rings. The third-order valence-electron chi connectivity index (χ3n) is 4.71. The van der Waals surface area contributed by atoms with Crippen LogP contribution in [0.15, 0.2) is 35.4 Å². The molecule has 3 N–H and O–H groups in total. The molecule has 1 aromatic carbocycles. The van der Waals surface area contributed by atoms with Crippen molar-refractivity contribution < 1.29 is 17.9 Å². The number of primary amides is 1. The van der Waals surface area contributed by atoms with Gasteiger partial charge in [0.15, 0.2) is 0 Å². The normalized spacial score (nSPS) is 20.4. The molecule has 29 heavy (non-hydrogen) atoms. The number of hydrogen-bond donors (Lipinski definition) is 2. The SMILES string of the molecule is CC(C)(C)NS(=O)(=O)c1ccccc1-c1cnc([C@H]2CC[C@H](OC(N)=O)CC2)s1. The number of carbonyl (C=O) groups excluding carboxylic acids is 1. The van der Waals surface area contributed by atoms with Gasteiger partial charge in [-0.05, 0) is 52.5 Å². The van der Waals surface area contributed by atoms with Crippen molar-refractivity contribution in [2.45, 2.75) is 68.9 Å². The molecule has 0 atom stereocenters. The lowest BCUT2D eigenvalue weighted by molar-refractivity contribution is 0.0787. The summed E-state index contributed by atoms with van der Waals surface area (Å²) < 4.78 is 33.6. The van der Waals surface area contributed by atoms with Crippen molar-refractivity contribution in [2.24, 2.45) is 5.73 Å². The zero-order valence-corrected chi connectivity index (χ0v) is 18.5. The van der Waals surface area contributed by atoms with E-state index in [1.165, 1.54) is 11.3 Å². The Labute approximate surface area is 175 Å². The third kappa shape index (κ3) is 5.55. The first-order chi connectivity index (χ1) is 13.5. The summed E-state index contributed by atoms with van der Waals surface area (Å²) in [7, 11) is -3.66. The minimum absolute atomic E-state index is 0.127. The molecule has 158 valence electrons. The van der Waals surface area contributed by atoms with Gasteiger partial charge in [0.2, 0.25) is 10.0 Å². The van der Waals surface area contributed by atoms with Crippen LogP contribution in [0, 0.1) is 0 Å². The summed E-state index contributed by atoms with van der Waals surface area (Å²) >= 11 is 1.52. The van der Waals surface area contributed by atoms with E-state index in [0.29, 0.717) is 5.56 Å². The molecule has 7 nitrogen and oxygen atoms in total. The first-order valence-electron chi connectivity index (χ1n) is 9.60. The average Bonchev–Trinajstić information content (AvgIpc) is 3.10. The van der Waals surface area contributed by atoms with Gasteiger partial charge in [-0.25, -0.2) is 22.9 Å². The van der Waals surface area contributed by atoms with Crippen LogP contribution in [-0.4, -0.2) is 31.1 Å². The molecule has 1 aromatic heterocycles. The fourth-order valence-electron chi connectivity index (χ4n) is 3.56. The predicted molar refractivity (Wildman–Crippen MR) is 113 cm³/mol. The molecule has 3 rings (SSSR count). The van der Waals surface area contributed by atoms with Gasteiger partial charge in [0.1, 0.15) is 6.10 Å². The lowest BCUT2D eigenvalue weighted by Gasteiger charge is -2.26. The van der Waals surface area contributed by atoms with Crippen molar-refractivity contribution in [3.8, 4) is 10.4 Å². The second-order valence-electron chi connectivity index (χ2n) is 8.32. The van der Waals surface area contributed by atoms with Gasteiger partial charge in [-0.2, -0.15) is 0 Å². The highest BCUT2D eigenvalue weighted by Gasteiger charge is 2.28. The first-order valence-corrected chi connectivity index (χ1v) is 11.9. The molecule has 0 aliphatic heterocycles. The van der Waals surface area contributed by atoms with Crippen molar-refractivity contribution in [2.75, 3.05) is 0 Å². The van der Waals surface area contributed by atoms with Gasteiger partial charge in [0.25, 0.3) is 0 Å². The summed E-state index contributed by atoms with van der Waals surface area (Å²) in [6.07, 6.45) is 4.11. The Bertz CT molecular complexity index is 972. The molecule has 1 amide bonds. The number of nitrogens with one attached hydrogen (secondary N) is 1. The summed E-state index contributed by atoms with van der Waals surface area (Å²) in [4.78, 5) is 16.6. The second-order valence-corrected chi connectivity index (χ2v) is 11.0. The van der Waals surface area contributed by atoms with Crippen LogP contribution in [0.25, 0.3) is 10.4 Å². The van der Waals surface area contributed by atoms with E-state index >= 15 is 0 Å². The smallest absolute Gasteiger partial charge is 0.404 e. The van der Waals surface area contributed by atoms with E-state index in [4.69, 9.17) is 10.5 Å². The van der Waals surface area contributed by atoms with Crippen molar-refractivity contribution in [1.29, 1.82) is 0 Å². The number of nitrogens with zero attached hydrogens (tertiary/aromatic N) is 1. The summed E-state index contributed by atoms with van der Waals surface area (Å²) in [5, 5.41) is 0.980. The number of carbonyl (C=O) groups is 1. The molecule has 0 spiro atoms. The van der Waals surface area contributed by atoms with E-state index < -0.39 is 21.7 Å². The zero-order valence-electron chi connectivity index (χ0n) is 16.8. The third-order valence-corrected chi connectivity index (χ3v) is 7.72. The Kier molecular flexibility index (Phi) is 6.30. The largest absolute Gasteiger partial charge is 0.446 e. The highest BCUT2D eigenvalue weighted by Crippen LogP contribution is 2.39. The Balaban J connectivity index is 1.81. The molecule has 0 radical (unpaired) electrons. The number of nitrogens with two attached hydrogens (primary N) is 1. The first kappa shape index (κ1) is 21.7. The minimum atomic E-state index is -3.66. The molecule has 2 aromatic rings. The molecule has 1 saturated carbocycles. The fraction of sp³-hybridized carbons (Fsp3) is 0.500. The predicted octanol–water partition coefficient (Wildman–Crippen LogP) is 4.01. The van der Waals surface area contributed by atoms with Crippen LogP contribution in [0.4, 0.5) is 4.79 Å². The van der Waals surface area contributed by atoms with Crippen molar-refractivity contribution >= 4 is 27.5 Å². The number of benzene rings is 1. The van der Waals surface area contributed by atoms with Crippen molar-refractivity contribution in [3.63, 3.8) is 0 Å². The molecule has 1 heterocycles. The van der Waals surface area contributed by atoms with E-state index in [1.807, 2.05) is 32.9 Å². The Morgan fingerprint density at radius 2 is 1.86 bits per heavy atom. The number of hydrogen-bond acceptors (Lipinski definition) is 6. The molecule has 0 bridgehead atoms. The van der Waals surface area contributed by atoms with Gasteiger partial charge in [0.05, 0.1) is 14.8 Å². The van der Waals surface area contributed by atoms with Crippen LogP contribution in [-0.2, 0) is 14.8 Å². The van der Waals surface area contributed by atoms with E-state index in [1.54, 1.807) is 18.3 Å². The minimum Gasteiger partial charge on any atom is -0.446 e. The number of ether oxygens (including phenoxy) is 1. The second kappa shape index (κ2) is 8.41. The lowest BCUT2D eigenvalue weighted by atomic mass is 9.88. The number of aromatic nitrogens is 1. The van der Waals surface area contributed by atoms with Gasteiger partial charge >= 0.3 is 6.09 Å². The highest BCUT2D eigenvalue weighted by atomic mass is 32.2. The van der Waals surface area contributed by atoms with Crippen LogP contribution in [0.2, 0.25) is 0 Å². The maximum atomic E-state index is 12.9. The summed E-state index contributed by atoms with van der Waals surface area (Å²) in [6.45, 7) is 5.45. The van der Waals surface area contributed by atoms with Gasteiger partial charge in [-0.3, -0.25) is 0 Å². The monoisotopic (exact) mass is 437 g/mol. The number of thiazole rings is 1. The Morgan fingerprint density at radius 3 is 2.48 bits per heavy atom. The van der Waals surface area contributed by atoms with Crippen molar-refractivity contribution in [1.82, 2.24) is 9.71 Å². The molecular weight excluding hydrogens is 410 g/mol. The van der Waals surface area contributed by atoms with E-state index in [0.717, 1.165) is 35.6 Å². The Hall–Kier alpha value is -1.97. The fourth-order valence-corrected chi connectivity index (χ4v) is 6.39. The van der Waals surface area contributed by atoms with Gasteiger partial charge in [-0.15, -0.1) is 11.3 Å². The quantitative estimate of drug-likeness (QED) is 0.734. The zero-order chi connectivity index (χ0) is 21.2. The average molecular weight is 438 g/mol. The number of rotatable bonds is 5. The van der Waals surface area contributed by atoms with Gasteiger partial charge < -0.3 is 10.5 Å². The van der Waals surface area contributed by atoms with Crippen LogP contribution in [0.1, 0.15) is 57.4 Å². The van der Waals surface area contributed by atoms with E-state index in [9.17, 15) is 13.2 Å². The summed E-state index contributed by atoms with van der Waals surface area (Å²) in [5.74, 6) is 0.276.